The fourth-order valence-electron chi connectivity index (χ4n) is 3.43. The number of fused-ring (bicyclic) bond motifs is 2. The summed E-state index contributed by atoms with van der Waals surface area (Å²) < 4.78 is 0. The molecule has 0 atom stereocenters. The van der Waals surface area contributed by atoms with Crippen molar-refractivity contribution >= 4 is 32.9 Å². The first-order chi connectivity index (χ1) is 14.3. The van der Waals surface area contributed by atoms with Crippen molar-refractivity contribution in [2.45, 2.75) is 13.8 Å². The maximum absolute atomic E-state index is 4.02. The summed E-state index contributed by atoms with van der Waals surface area (Å²) in [7, 11) is 0. The van der Waals surface area contributed by atoms with Crippen LogP contribution in [0.15, 0.2) is 122 Å². The maximum Gasteiger partial charge on any atom is 0.0468 e. The highest BCUT2D eigenvalue weighted by Gasteiger charge is 2.13. The Kier molecular flexibility index (Phi) is 6.65. The predicted molar refractivity (Wildman–Crippen MR) is 130 cm³/mol. The molecule has 29 heavy (non-hydrogen) atoms. The number of hydrogen-bond donors (Lipinski definition) is 0. The molecule has 0 aliphatic heterocycles. The first-order valence-electron chi connectivity index (χ1n) is 10.0. The number of allylic oxidation sites excluding steroid dienone is 3. The van der Waals surface area contributed by atoms with Crippen molar-refractivity contribution in [3.63, 3.8) is 0 Å². The van der Waals surface area contributed by atoms with E-state index in [2.05, 4.69) is 103 Å². The highest BCUT2D eigenvalue weighted by atomic mass is 15.1. The molecular formula is C28H27N. The quantitative estimate of drug-likeness (QED) is 0.315. The lowest BCUT2D eigenvalue weighted by Crippen LogP contribution is -2.15. The van der Waals surface area contributed by atoms with Crippen LogP contribution >= 0.6 is 0 Å². The molecular weight excluding hydrogens is 350 g/mol. The van der Waals surface area contributed by atoms with Gasteiger partial charge in [-0.15, -0.1) is 0 Å². The van der Waals surface area contributed by atoms with E-state index < -0.39 is 0 Å². The van der Waals surface area contributed by atoms with Crippen LogP contribution in [0, 0.1) is 0 Å². The number of hydrogen-bond acceptors (Lipinski definition) is 1. The molecule has 0 saturated heterocycles. The third-order valence-corrected chi connectivity index (χ3v) is 4.74. The fraction of sp³-hybridized carbons (Fsp3) is 0.0714. The van der Waals surface area contributed by atoms with Gasteiger partial charge in [-0.25, -0.2) is 0 Å². The minimum absolute atomic E-state index is 0.982. The summed E-state index contributed by atoms with van der Waals surface area (Å²) in [4.78, 5) is 2.22. The highest BCUT2D eigenvalue weighted by Crippen LogP contribution is 2.34. The van der Waals surface area contributed by atoms with Crippen LogP contribution < -0.4 is 4.90 Å². The average molecular weight is 378 g/mol. The van der Waals surface area contributed by atoms with Crippen LogP contribution in [0.5, 0.6) is 0 Å². The minimum Gasteiger partial charge on any atom is -0.310 e. The number of benzene rings is 4. The standard InChI is InChI=1S/C26H21N.C2H6/c1-3-9-24(4-2)27(25-16-14-20-10-5-7-12-22(20)18-25)26-17-15-21-11-6-8-13-23(21)19-26;1-2/h3-19H,1-2H2;1-2H3/b24-9+;. The van der Waals surface area contributed by atoms with E-state index in [1.54, 1.807) is 6.08 Å². The van der Waals surface area contributed by atoms with Crippen LogP contribution in [0.3, 0.4) is 0 Å². The molecule has 0 radical (unpaired) electrons. The molecule has 0 saturated carbocycles. The zero-order valence-corrected chi connectivity index (χ0v) is 17.2. The first kappa shape index (κ1) is 20.2. The minimum atomic E-state index is 0.982. The maximum atomic E-state index is 4.02. The summed E-state index contributed by atoms with van der Waals surface area (Å²) in [6, 6.07) is 29.9. The molecule has 0 heterocycles. The van der Waals surface area contributed by atoms with E-state index in [0.29, 0.717) is 0 Å². The summed E-state index contributed by atoms with van der Waals surface area (Å²) in [5.74, 6) is 0. The molecule has 0 unspecified atom stereocenters. The molecule has 144 valence electrons. The van der Waals surface area contributed by atoms with Gasteiger partial charge in [0.2, 0.25) is 0 Å². The Morgan fingerprint density at radius 1 is 0.655 bits per heavy atom. The number of rotatable bonds is 5. The van der Waals surface area contributed by atoms with Gasteiger partial charge in [0.15, 0.2) is 0 Å². The van der Waals surface area contributed by atoms with E-state index in [9.17, 15) is 0 Å². The van der Waals surface area contributed by atoms with Crippen LogP contribution in [-0.4, -0.2) is 0 Å². The van der Waals surface area contributed by atoms with Crippen LogP contribution in [0.4, 0.5) is 11.4 Å². The molecule has 0 aliphatic rings. The zero-order chi connectivity index (χ0) is 20.6. The van der Waals surface area contributed by atoms with Crippen molar-refractivity contribution in [1.82, 2.24) is 0 Å². The topological polar surface area (TPSA) is 3.24 Å². The molecule has 4 rings (SSSR count). The largest absolute Gasteiger partial charge is 0.310 e. The van der Waals surface area contributed by atoms with E-state index in [-0.39, 0.29) is 0 Å². The Labute approximate surface area is 173 Å². The molecule has 0 bridgehead atoms. The van der Waals surface area contributed by atoms with Crippen LogP contribution in [-0.2, 0) is 0 Å². The van der Waals surface area contributed by atoms with Crippen molar-refractivity contribution in [2.75, 3.05) is 4.90 Å². The summed E-state index contributed by atoms with van der Waals surface area (Å²) in [6.45, 7) is 11.9. The van der Waals surface area contributed by atoms with Gasteiger partial charge in [0.25, 0.3) is 0 Å². The number of anilines is 2. The van der Waals surface area contributed by atoms with E-state index in [1.807, 2.05) is 26.0 Å². The molecule has 4 aromatic rings. The van der Waals surface area contributed by atoms with Gasteiger partial charge >= 0.3 is 0 Å². The van der Waals surface area contributed by atoms with Gasteiger partial charge in [0.1, 0.15) is 0 Å². The average Bonchev–Trinajstić information content (AvgIpc) is 2.80. The summed E-state index contributed by atoms with van der Waals surface area (Å²) in [6.07, 6.45) is 5.65. The van der Waals surface area contributed by atoms with E-state index >= 15 is 0 Å². The zero-order valence-electron chi connectivity index (χ0n) is 17.2. The highest BCUT2D eigenvalue weighted by molar-refractivity contribution is 5.91. The van der Waals surface area contributed by atoms with Gasteiger partial charge in [-0.2, -0.15) is 0 Å². The molecule has 4 aromatic carbocycles. The smallest absolute Gasteiger partial charge is 0.0468 e. The van der Waals surface area contributed by atoms with Gasteiger partial charge in [0, 0.05) is 17.1 Å². The summed E-state index contributed by atoms with van der Waals surface area (Å²) in [5, 5.41) is 4.88. The lowest BCUT2D eigenvalue weighted by atomic mass is 10.1. The van der Waals surface area contributed by atoms with E-state index in [0.717, 1.165) is 17.1 Å². The molecule has 0 N–H and O–H groups in total. The molecule has 0 fully saturated rings. The van der Waals surface area contributed by atoms with Gasteiger partial charge in [-0.3, -0.25) is 0 Å². The van der Waals surface area contributed by atoms with Crippen molar-refractivity contribution in [1.29, 1.82) is 0 Å². The second kappa shape index (κ2) is 9.57. The normalized spacial score (nSPS) is 10.9. The Morgan fingerprint density at radius 2 is 1.10 bits per heavy atom. The SMILES string of the molecule is C=C/C=C(\C=C)N(c1ccc2ccccc2c1)c1ccc2ccccc2c1.CC. The van der Waals surface area contributed by atoms with Crippen molar-refractivity contribution in [3.05, 3.63) is 122 Å². The Morgan fingerprint density at radius 3 is 1.52 bits per heavy atom. The van der Waals surface area contributed by atoms with E-state index in [4.69, 9.17) is 0 Å². The third-order valence-electron chi connectivity index (χ3n) is 4.74. The van der Waals surface area contributed by atoms with Gasteiger partial charge in [0.05, 0.1) is 0 Å². The predicted octanol–water partition coefficient (Wildman–Crippen LogP) is 8.41. The van der Waals surface area contributed by atoms with Crippen molar-refractivity contribution in [2.24, 2.45) is 0 Å². The molecule has 0 aromatic heterocycles. The molecule has 0 spiro atoms. The van der Waals surface area contributed by atoms with Gasteiger partial charge < -0.3 is 4.90 Å². The molecule has 1 nitrogen and oxygen atoms in total. The van der Waals surface area contributed by atoms with Crippen LogP contribution in [0.25, 0.3) is 21.5 Å². The van der Waals surface area contributed by atoms with E-state index in [1.165, 1.54) is 21.5 Å². The van der Waals surface area contributed by atoms with Gasteiger partial charge in [-0.05, 0) is 58.0 Å². The van der Waals surface area contributed by atoms with Crippen molar-refractivity contribution < 1.29 is 0 Å². The monoisotopic (exact) mass is 377 g/mol. The third kappa shape index (κ3) is 4.30. The lowest BCUT2D eigenvalue weighted by molar-refractivity contribution is 1.22. The second-order valence-electron chi connectivity index (χ2n) is 6.43. The first-order valence-corrected chi connectivity index (χ1v) is 10.0. The lowest BCUT2D eigenvalue weighted by Gasteiger charge is -2.27. The number of nitrogens with zero attached hydrogens (tertiary/aromatic N) is 1. The van der Waals surface area contributed by atoms with Gasteiger partial charge in [-0.1, -0.05) is 93.7 Å². The van der Waals surface area contributed by atoms with Crippen LogP contribution in [0.2, 0.25) is 0 Å². The Hall–Kier alpha value is -3.58. The Balaban J connectivity index is 0.00000117. The Bertz CT molecular complexity index is 1090. The van der Waals surface area contributed by atoms with Crippen LogP contribution in [0.1, 0.15) is 13.8 Å². The molecule has 1 heteroatoms. The second-order valence-corrected chi connectivity index (χ2v) is 6.43. The van der Waals surface area contributed by atoms with Crippen molar-refractivity contribution in [3.8, 4) is 0 Å². The summed E-state index contributed by atoms with van der Waals surface area (Å²) >= 11 is 0. The molecule has 0 aliphatic carbocycles. The fourth-order valence-corrected chi connectivity index (χ4v) is 3.43. The summed E-state index contributed by atoms with van der Waals surface area (Å²) in [5.41, 5.74) is 3.17. The molecule has 0 amide bonds.